The fourth-order valence-electron chi connectivity index (χ4n) is 1.98. The van der Waals surface area contributed by atoms with Crippen molar-refractivity contribution in [2.24, 2.45) is 7.05 Å². The number of aromatic nitrogens is 2. The van der Waals surface area contributed by atoms with Crippen LogP contribution in [0, 0.1) is 0 Å². The Labute approximate surface area is 122 Å². The Hall–Kier alpha value is -2.63. The highest BCUT2D eigenvalue weighted by molar-refractivity contribution is 5.95. The van der Waals surface area contributed by atoms with Gasteiger partial charge in [0.1, 0.15) is 5.75 Å². The van der Waals surface area contributed by atoms with Crippen LogP contribution >= 0.6 is 0 Å². The van der Waals surface area contributed by atoms with Gasteiger partial charge >= 0.3 is 0 Å². The highest BCUT2D eigenvalue weighted by atomic mass is 16.5. The summed E-state index contributed by atoms with van der Waals surface area (Å²) in [7, 11) is 3.30. The molecule has 0 spiro atoms. The Bertz CT molecular complexity index is 677. The summed E-state index contributed by atoms with van der Waals surface area (Å²) in [6.45, 7) is 1.49. The number of amides is 1. The summed E-state index contributed by atoms with van der Waals surface area (Å²) in [4.78, 5) is 23.5. The van der Waals surface area contributed by atoms with Crippen LogP contribution in [0.25, 0.3) is 0 Å². The van der Waals surface area contributed by atoms with Crippen molar-refractivity contribution in [1.82, 2.24) is 9.78 Å². The lowest BCUT2D eigenvalue weighted by molar-refractivity contribution is -0.115. The maximum atomic E-state index is 12.0. The van der Waals surface area contributed by atoms with Crippen LogP contribution in [0.15, 0.2) is 30.5 Å². The van der Waals surface area contributed by atoms with E-state index in [2.05, 4.69) is 10.4 Å². The Morgan fingerprint density at radius 1 is 1.33 bits per heavy atom. The average Bonchev–Trinajstić information content (AvgIpc) is 2.83. The molecule has 0 aliphatic rings. The van der Waals surface area contributed by atoms with E-state index in [-0.39, 0.29) is 18.1 Å². The molecule has 0 bridgehead atoms. The summed E-state index contributed by atoms with van der Waals surface area (Å²) < 4.78 is 6.83. The van der Waals surface area contributed by atoms with Crippen molar-refractivity contribution < 1.29 is 14.3 Å². The third-order valence-electron chi connectivity index (χ3n) is 3.02. The van der Waals surface area contributed by atoms with Crippen molar-refractivity contribution in [3.8, 4) is 5.75 Å². The fraction of sp³-hybridized carbons (Fsp3) is 0.267. The number of nitrogens with zero attached hydrogens (tertiary/aromatic N) is 2. The normalized spacial score (nSPS) is 10.2. The summed E-state index contributed by atoms with van der Waals surface area (Å²) in [6.07, 6.45) is 1.85. The molecule has 1 aromatic carbocycles. The van der Waals surface area contributed by atoms with Crippen molar-refractivity contribution >= 4 is 17.5 Å². The molecule has 0 fully saturated rings. The molecule has 6 nitrogen and oxygen atoms in total. The van der Waals surface area contributed by atoms with Gasteiger partial charge in [0.2, 0.25) is 5.91 Å². The first-order valence-electron chi connectivity index (χ1n) is 6.47. The molecule has 0 aliphatic heterocycles. The summed E-state index contributed by atoms with van der Waals surface area (Å²) >= 11 is 0. The highest BCUT2D eigenvalue weighted by Gasteiger charge is 2.12. The maximum absolute atomic E-state index is 12.0. The number of rotatable bonds is 5. The second kappa shape index (κ2) is 6.21. The van der Waals surface area contributed by atoms with Crippen molar-refractivity contribution in [2.45, 2.75) is 13.3 Å². The number of methoxy groups -OCH3 is 1. The number of anilines is 1. The van der Waals surface area contributed by atoms with Gasteiger partial charge in [0.15, 0.2) is 11.6 Å². The molecule has 0 saturated heterocycles. The van der Waals surface area contributed by atoms with E-state index < -0.39 is 0 Å². The van der Waals surface area contributed by atoms with E-state index in [0.29, 0.717) is 22.7 Å². The van der Waals surface area contributed by atoms with E-state index in [1.807, 2.05) is 0 Å². The number of nitrogens with one attached hydrogen (secondary N) is 1. The van der Waals surface area contributed by atoms with Crippen LogP contribution in [-0.2, 0) is 18.3 Å². The summed E-state index contributed by atoms with van der Waals surface area (Å²) in [5.41, 5.74) is 1.22. The average molecular weight is 287 g/mol. The van der Waals surface area contributed by atoms with Crippen LogP contribution in [0.1, 0.15) is 22.8 Å². The number of ketones is 1. The van der Waals surface area contributed by atoms with Gasteiger partial charge in [-0.3, -0.25) is 14.3 Å². The van der Waals surface area contributed by atoms with Gasteiger partial charge in [0.25, 0.3) is 0 Å². The van der Waals surface area contributed by atoms with Crippen molar-refractivity contribution in [1.29, 1.82) is 0 Å². The third kappa shape index (κ3) is 3.68. The van der Waals surface area contributed by atoms with Gasteiger partial charge in [-0.2, -0.15) is 5.10 Å². The number of carbonyl (C=O) groups is 2. The minimum absolute atomic E-state index is 0.0518. The van der Waals surface area contributed by atoms with Crippen LogP contribution in [0.5, 0.6) is 5.75 Å². The molecule has 1 heterocycles. The molecule has 110 valence electrons. The maximum Gasteiger partial charge on any atom is 0.230 e. The Morgan fingerprint density at radius 3 is 2.67 bits per heavy atom. The Balaban J connectivity index is 2.15. The van der Waals surface area contributed by atoms with Crippen molar-refractivity contribution in [3.63, 3.8) is 0 Å². The monoisotopic (exact) mass is 287 g/mol. The van der Waals surface area contributed by atoms with E-state index in [1.54, 1.807) is 42.2 Å². The quantitative estimate of drug-likeness (QED) is 0.851. The van der Waals surface area contributed by atoms with Crippen LogP contribution < -0.4 is 10.1 Å². The largest absolute Gasteiger partial charge is 0.496 e. The molecule has 0 unspecified atom stereocenters. The summed E-state index contributed by atoms with van der Waals surface area (Å²) in [6, 6.07) is 6.77. The Morgan fingerprint density at radius 2 is 2.10 bits per heavy atom. The third-order valence-corrected chi connectivity index (χ3v) is 3.02. The number of aryl methyl sites for hydroxylation is 1. The minimum atomic E-state index is -0.215. The number of carbonyl (C=O) groups excluding carboxylic acids is 2. The number of benzene rings is 1. The second-order valence-electron chi connectivity index (χ2n) is 4.68. The fourth-order valence-corrected chi connectivity index (χ4v) is 1.98. The van der Waals surface area contributed by atoms with Gasteiger partial charge < -0.3 is 10.1 Å². The van der Waals surface area contributed by atoms with Gasteiger partial charge in [0.05, 0.1) is 13.5 Å². The van der Waals surface area contributed by atoms with Crippen LogP contribution in [0.2, 0.25) is 0 Å². The van der Waals surface area contributed by atoms with E-state index >= 15 is 0 Å². The Kier molecular flexibility index (Phi) is 4.37. The van der Waals surface area contributed by atoms with Gasteiger partial charge in [-0.05, 0) is 25.1 Å². The summed E-state index contributed by atoms with van der Waals surface area (Å²) in [5, 5.41) is 6.78. The smallest absolute Gasteiger partial charge is 0.230 e. The van der Waals surface area contributed by atoms with Crippen molar-refractivity contribution in [3.05, 3.63) is 41.6 Å². The van der Waals surface area contributed by atoms with E-state index in [9.17, 15) is 9.59 Å². The lowest BCUT2D eigenvalue weighted by Crippen LogP contribution is -2.15. The van der Waals surface area contributed by atoms with Gasteiger partial charge in [-0.1, -0.05) is 0 Å². The molecule has 1 amide bonds. The summed E-state index contributed by atoms with van der Waals surface area (Å²) in [5.74, 6) is 0.803. The molecule has 0 saturated carbocycles. The molecule has 0 radical (unpaired) electrons. The lowest BCUT2D eigenvalue weighted by Gasteiger charge is -2.09. The second-order valence-corrected chi connectivity index (χ2v) is 4.68. The van der Waals surface area contributed by atoms with Crippen LogP contribution in [-0.4, -0.2) is 28.6 Å². The van der Waals surface area contributed by atoms with Crippen LogP contribution in [0.4, 0.5) is 5.82 Å². The first-order chi connectivity index (χ1) is 9.99. The molecular weight excluding hydrogens is 270 g/mol. The molecule has 0 atom stereocenters. The van der Waals surface area contributed by atoms with Crippen LogP contribution in [0.3, 0.4) is 0 Å². The molecule has 21 heavy (non-hydrogen) atoms. The predicted octanol–water partition coefficient (Wildman–Crippen LogP) is 1.81. The minimum Gasteiger partial charge on any atom is -0.496 e. The number of hydrogen-bond donors (Lipinski definition) is 1. The topological polar surface area (TPSA) is 73.2 Å². The zero-order valence-corrected chi connectivity index (χ0v) is 12.2. The van der Waals surface area contributed by atoms with Gasteiger partial charge in [-0.15, -0.1) is 0 Å². The van der Waals surface area contributed by atoms with Gasteiger partial charge in [-0.25, -0.2) is 0 Å². The SMILES string of the molecule is COc1ccc(C(C)=O)cc1CC(=O)Nc1ccn(C)n1. The predicted molar refractivity (Wildman–Crippen MR) is 78.5 cm³/mol. The highest BCUT2D eigenvalue weighted by Crippen LogP contribution is 2.21. The molecule has 1 N–H and O–H groups in total. The van der Waals surface area contributed by atoms with E-state index in [1.165, 1.54) is 14.0 Å². The number of hydrogen-bond acceptors (Lipinski definition) is 4. The van der Waals surface area contributed by atoms with E-state index in [4.69, 9.17) is 4.74 Å². The number of Topliss-reactive ketones (excluding diaryl/α,β-unsaturated/α-hetero) is 1. The first-order valence-corrected chi connectivity index (χ1v) is 6.47. The zero-order chi connectivity index (χ0) is 15.4. The lowest BCUT2D eigenvalue weighted by atomic mass is 10.0. The van der Waals surface area contributed by atoms with Crippen molar-refractivity contribution in [2.75, 3.05) is 12.4 Å². The van der Waals surface area contributed by atoms with E-state index in [0.717, 1.165) is 0 Å². The molecule has 2 aromatic rings. The zero-order valence-electron chi connectivity index (χ0n) is 12.2. The van der Waals surface area contributed by atoms with Gasteiger partial charge in [0, 0.05) is 30.4 Å². The molecule has 6 heteroatoms. The molecule has 0 aliphatic carbocycles. The molecular formula is C15H17N3O3. The molecule has 2 rings (SSSR count). The number of ether oxygens (including phenoxy) is 1. The first kappa shape index (κ1) is 14.8. The standard InChI is InChI=1S/C15H17N3O3/c1-10(19)11-4-5-13(21-3)12(8-11)9-15(20)16-14-6-7-18(2)17-14/h4-8H,9H2,1-3H3,(H,16,17,20). The molecule has 1 aromatic heterocycles.